The molecule has 1 N–H and O–H groups in total. The first-order chi connectivity index (χ1) is 20.4. The summed E-state index contributed by atoms with van der Waals surface area (Å²) in [6.45, 7) is 3.81. The number of ketones is 1. The van der Waals surface area contributed by atoms with Crippen molar-refractivity contribution >= 4 is 17.8 Å². The van der Waals surface area contributed by atoms with E-state index in [-0.39, 0.29) is 18.8 Å². The maximum absolute atomic E-state index is 14.2. The summed E-state index contributed by atoms with van der Waals surface area (Å²) in [6.07, 6.45) is 0.514. The minimum absolute atomic E-state index is 0.0635. The van der Waals surface area contributed by atoms with Crippen LogP contribution in [0.4, 0.5) is 4.79 Å². The molecule has 216 valence electrons. The summed E-state index contributed by atoms with van der Waals surface area (Å²) in [5, 5.41) is 9.31. The molecule has 1 aliphatic rings. The summed E-state index contributed by atoms with van der Waals surface area (Å²) >= 11 is 0. The largest absolute Gasteiger partial charge is 0.457 e. The molecule has 0 bridgehead atoms. The molecule has 0 saturated carbocycles. The van der Waals surface area contributed by atoms with Gasteiger partial charge >= 0.3 is 6.09 Å². The SMILES string of the molecule is Cc1cccc(-c2cc(C(=O)[C@H](Cc3ccccc3)C(=O)N3C(=O)O[C@@H](c4ccccc4)[C@H]3C)oc2CCCCO)c1. The molecular weight excluding hydrogens is 530 g/mol. The van der Waals surface area contributed by atoms with Crippen LogP contribution in [-0.4, -0.2) is 40.4 Å². The van der Waals surface area contributed by atoms with E-state index in [9.17, 15) is 19.5 Å². The van der Waals surface area contributed by atoms with Crippen LogP contribution in [0.5, 0.6) is 0 Å². The lowest BCUT2D eigenvalue weighted by molar-refractivity contribution is -0.131. The average molecular weight is 566 g/mol. The van der Waals surface area contributed by atoms with Gasteiger partial charge in [-0.15, -0.1) is 0 Å². The third-order valence-electron chi connectivity index (χ3n) is 7.73. The Hall–Kier alpha value is -4.49. The van der Waals surface area contributed by atoms with Crippen LogP contribution in [0.15, 0.2) is 95.4 Å². The molecule has 1 fully saturated rings. The number of carbonyl (C=O) groups excluding carboxylic acids is 3. The molecule has 0 spiro atoms. The Balaban J connectivity index is 1.50. The Kier molecular flexibility index (Phi) is 8.98. The van der Waals surface area contributed by atoms with Crippen molar-refractivity contribution in [2.75, 3.05) is 6.61 Å². The second-order valence-electron chi connectivity index (χ2n) is 10.8. The molecule has 3 atom stereocenters. The Bertz CT molecular complexity index is 1540. The summed E-state index contributed by atoms with van der Waals surface area (Å²) in [4.78, 5) is 42.4. The van der Waals surface area contributed by atoms with Gasteiger partial charge in [0.1, 0.15) is 17.8 Å². The number of amides is 2. The van der Waals surface area contributed by atoms with Gasteiger partial charge in [0.15, 0.2) is 5.76 Å². The minimum atomic E-state index is -1.20. The van der Waals surface area contributed by atoms with E-state index < -0.39 is 35.8 Å². The van der Waals surface area contributed by atoms with Crippen LogP contribution in [0.3, 0.4) is 0 Å². The molecule has 3 aromatic carbocycles. The number of imide groups is 1. The van der Waals surface area contributed by atoms with Gasteiger partial charge in [0.25, 0.3) is 0 Å². The number of carbonyl (C=O) groups is 3. The molecule has 1 aromatic heterocycles. The fourth-order valence-corrected chi connectivity index (χ4v) is 5.52. The predicted octanol–water partition coefficient (Wildman–Crippen LogP) is 6.72. The van der Waals surface area contributed by atoms with E-state index in [1.807, 2.05) is 91.9 Å². The van der Waals surface area contributed by atoms with Crippen LogP contribution in [0.25, 0.3) is 11.1 Å². The van der Waals surface area contributed by atoms with Gasteiger partial charge in [-0.05, 0) is 55.9 Å². The van der Waals surface area contributed by atoms with Crippen molar-refractivity contribution in [3.63, 3.8) is 0 Å². The molecule has 0 unspecified atom stereocenters. The fourth-order valence-electron chi connectivity index (χ4n) is 5.52. The molecule has 7 heteroatoms. The Morgan fingerprint density at radius 2 is 1.64 bits per heavy atom. The van der Waals surface area contributed by atoms with E-state index in [0.29, 0.717) is 25.0 Å². The number of aryl methyl sites for hydroxylation is 2. The molecule has 2 amide bonds. The van der Waals surface area contributed by atoms with Crippen LogP contribution in [0.1, 0.15) is 58.9 Å². The van der Waals surface area contributed by atoms with E-state index in [4.69, 9.17) is 9.15 Å². The van der Waals surface area contributed by atoms with Crippen LogP contribution in [-0.2, 0) is 22.4 Å². The number of hydrogen-bond donors (Lipinski definition) is 1. The van der Waals surface area contributed by atoms with E-state index >= 15 is 0 Å². The molecule has 42 heavy (non-hydrogen) atoms. The summed E-state index contributed by atoms with van der Waals surface area (Å²) in [6, 6.07) is 27.6. The number of benzene rings is 3. The fraction of sp³-hybridized carbons (Fsp3) is 0.286. The number of ether oxygens (including phenoxy) is 1. The van der Waals surface area contributed by atoms with Gasteiger partial charge in [-0.25, -0.2) is 9.69 Å². The minimum Gasteiger partial charge on any atom is -0.457 e. The van der Waals surface area contributed by atoms with Gasteiger partial charge in [0, 0.05) is 18.6 Å². The van der Waals surface area contributed by atoms with Crippen LogP contribution >= 0.6 is 0 Å². The highest BCUT2D eigenvalue weighted by Crippen LogP contribution is 2.35. The number of Topliss-reactive ketones (excluding diaryl/α,β-unsaturated/α-hetero) is 1. The van der Waals surface area contributed by atoms with Gasteiger partial charge in [-0.2, -0.15) is 0 Å². The number of hydrogen-bond acceptors (Lipinski definition) is 6. The first kappa shape index (κ1) is 29.0. The first-order valence-electron chi connectivity index (χ1n) is 14.3. The van der Waals surface area contributed by atoms with E-state index in [1.54, 1.807) is 13.0 Å². The second kappa shape index (κ2) is 13.0. The van der Waals surface area contributed by atoms with Crippen LogP contribution < -0.4 is 0 Å². The lowest BCUT2D eigenvalue weighted by Crippen LogP contribution is -2.44. The van der Waals surface area contributed by atoms with Crippen LogP contribution in [0.2, 0.25) is 0 Å². The van der Waals surface area contributed by atoms with E-state index in [2.05, 4.69) is 0 Å². The number of aliphatic hydroxyl groups is 1. The predicted molar refractivity (Wildman–Crippen MR) is 159 cm³/mol. The number of aliphatic hydroxyl groups excluding tert-OH is 1. The van der Waals surface area contributed by atoms with Gasteiger partial charge in [-0.3, -0.25) is 9.59 Å². The average Bonchev–Trinajstić information content (AvgIpc) is 3.56. The number of nitrogens with zero attached hydrogens (tertiary/aromatic N) is 1. The Morgan fingerprint density at radius 1 is 0.929 bits per heavy atom. The molecule has 4 aromatic rings. The summed E-state index contributed by atoms with van der Waals surface area (Å²) in [7, 11) is 0. The Labute approximate surface area is 245 Å². The normalized spacial score (nSPS) is 17.2. The van der Waals surface area contributed by atoms with Crippen molar-refractivity contribution < 1.29 is 28.6 Å². The van der Waals surface area contributed by atoms with Gasteiger partial charge in [-0.1, -0.05) is 90.5 Å². The highest BCUT2D eigenvalue weighted by Gasteiger charge is 2.47. The standard InChI is InChI=1S/C35H35NO6/c1-23-12-11-17-27(20-23)28-22-31(41-30(28)18-9-10-19-37)32(38)29(21-25-13-5-3-6-14-25)34(39)36-24(2)33(42-35(36)40)26-15-7-4-8-16-26/h3-8,11-17,20,22,24,29,33,37H,9-10,18-19,21H2,1-2H3/t24-,29+,33-/m1/s1. The number of rotatable bonds is 11. The highest BCUT2D eigenvalue weighted by molar-refractivity contribution is 6.12. The van der Waals surface area contributed by atoms with E-state index in [1.165, 1.54) is 0 Å². The Morgan fingerprint density at radius 3 is 2.33 bits per heavy atom. The summed E-state index contributed by atoms with van der Waals surface area (Å²) in [5.41, 5.74) is 4.32. The van der Waals surface area contributed by atoms with Crippen molar-refractivity contribution in [2.24, 2.45) is 5.92 Å². The zero-order chi connectivity index (χ0) is 29.6. The van der Waals surface area contributed by atoms with Crippen molar-refractivity contribution in [2.45, 2.75) is 51.7 Å². The molecule has 1 aliphatic heterocycles. The monoisotopic (exact) mass is 565 g/mol. The molecule has 0 aliphatic carbocycles. The molecule has 2 heterocycles. The lowest BCUT2D eigenvalue weighted by atomic mass is 9.91. The molecular formula is C35H35NO6. The van der Waals surface area contributed by atoms with E-state index in [0.717, 1.165) is 32.7 Å². The highest BCUT2D eigenvalue weighted by atomic mass is 16.6. The second-order valence-corrected chi connectivity index (χ2v) is 10.8. The van der Waals surface area contributed by atoms with Crippen molar-refractivity contribution in [3.8, 4) is 11.1 Å². The summed E-state index contributed by atoms with van der Waals surface area (Å²) in [5.74, 6) is -1.61. The van der Waals surface area contributed by atoms with Gasteiger partial charge in [0.2, 0.25) is 11.7 Å². The molecule has 1 saturated heterocycles. The number of cyclic esters (lactones) is 1. The van der Waals surface area contributed by atoms with Gasteiger partial charge in [0.05, 0.1) is 6.04 Å². The smallest absolute Gasteiger partial charge is 0.417 e. The number of unbranched alkanes of at least 4 members (excludes halogenated alkanes) is 1. The van der Waals surface area contributed by atoms with Crippen molar-refractivity contribution in [1.29, 1.82) is 0 Å². The molecule has 7 nitrogen and oxygen atoms in total. The molecule has 5 rings (SSSR count). The zero-order valence-electron chi connectivity index (χ0n) is 23.9. The van der Waals surface area contributed by atoms with Crippen molar-refractivity contribution in [1.82, 2.24) is 4.90 Å². The van der Waals surface area contributed by atoms with Crippen LogP contribution in [0, 0.1) is 12.8 Å². The molecule has 0 radical (unpaired) electrons. The topological polar surface area (TPSA) is 97.1 Å². The first-order valence-corrected chi connectivity index (χ1v) is 14.3. The third kappa shape index (κ3) is 6.21. The maximum atomic E-state index is 14.2. The number of furan rings is 1. The van der Waals surface area contributed by atoms with Crippen molar-refractivity contribution in [3.05, 3.63) is 119 Å². The zero-order valence-corrected chi connectivity index (χ0v) is 23.9. The summed E-state index contributed by atoms with van der Waals surface area (Å²) < 4.78 is 11.8. The quantitative estimate of drug-likeness (QED) is 0.123. The maximum Gasteiger partial charge on any atom is 0.417 e. The van der Waals surface area contributed by atoms with Gasteiger partial charge < -0.3 is 14.3 Å². The third-order valence-corrected chi connectivity index (χ3v) is 7.73. The lowest BCUT2D eigenvalue weighted by Gasteiger charge is -2.23.